The van der Waals surface area contributed by atoms with Gasteiger partial charge in [0.25, 0.3) is 5.91 Å². The number of hydrogen-bond acceptors (Lipinski definition) is 6. The second-order valence-corrected chi connectivity index (χ2v) is 6.44. The van der Waals surface area contributed by atoms with E-state index in [1.54, 1.807) is 67.1 Å². The molecule has 0 bridgehead atoms. The van der Waals surface area contributed by atoms with Gasteiger partial charge >= 0.3 is 0 Å². The highest BCUT2D eigenvalue weighted by atomic mass is 35.5. The first-order valence-corrected chi connectivity index (χ1v) is 9.10. The lowest BCUT2D eigenvalue weighted by atomic mass is 10.2. The van der Waals surface area contributed by atoms with Crippen molar-refractivity contribution in [3.63, 3.8) is 0 Å². The average molecular weight is 403 g/mol. The number of anilines is 3. The number of benzene rings is 2. The quantitative estimate of drug-likeness (QED) is 0.507. The summed E-state index contributed by atoms with van der Waals surface area (Å²) in [5, 5.41) is 6.57. The van der Waals surface area contributed by atoms with Crippen LogP contribution in [0.3, 0.4) is 0 Å². The molecule has 0 atom stereocenters. The lowest BCUT2D eigenvalue weighted by molar-refractivity contribution is 0.102. The van der Waals surface area contributed by atoms with Gasteiger partial charge in [0.05, 0.1) is 0 Å². The number of rotatable bonds is 5. The third-order valence-corrected chi connectivity index (χ3v) is 4.19. The van der Waals surface area contributed by atoms with Gasteiger partial charge in [-0.15, -0.1) is 0 Å². The minimum atomic E-state index is -0.224. The second kappa shape index (κ2) is 8.45. The normalized spacial score (nSPS) is 10.4. The van der Waals surface area contributed by atoms with Crippen molar-refractivity contribution in [1.82, 2.24) is 19.9 Å². The standard InChI is InChI=1S/C21H15ClN6O/c22-15-7-5-14(6-8-15)20(29)26-16-3-1-4-17(13-16)27-21-25-12-9-18(28-21)19-23-10-2-11-24-19/h1-13H,(H,26,29)(H,25,27,28). The highest BCUT2D eigenvalue weighted by Gasteiger charge is 2.08. The van der Waals surface area contributed by atoms with E-state index in [1.165, 1.54) is 0 Å². The van der Waals surface area contributed by atoms with E-state index in [4.69, 9.17) is 11.6 Å². The Balaban J connectivity index is 1.49. The van der Waals surface area contributed by atoms with Gasteiger partial charge in [-0.1, -0.05) is 17.7 Å². The molecule has 2 N–H and O–H groups in total. The first kappa shape index (κ1) is 18.5. The summed E-state index contributed by atoms with van der Waals surface area (Å²) in [4.78, 5) is 29.4. The van der Waals surface area contributed by atoms with Crippen molar-refractivity contribution in [2.75, 3.05) is 10.6 Å². The third kappa shape index (κ3) is 4.72. The van der Waals surface area contributed by atoms with Gasteiger partial charge in [0, 0.05) is 40.6 Å². The Labute approximate surface area is 171 Å². The van der Waals surface area contributed by atoms with Crippen molar-refractivity contribution >= 4 is 34.8 Å². The zero-order valence-corrected chi connectivity index (χ0v) is 15.8. The Kier molecular flexibility index (Phi) is 5.40. The zero-order chi connectivity index (χ0) is 20.1. The molecule has 8 heteroatoms. The molecule has 4 aromatic rings. The fraction of sp³-hybridized carbons (Fsp3) is 0. The molecule has 2 heterocycles. The molecular formula is C21H15ClN6O. The Morgan fingerprint density at radius 1 is 0.828 bits per heavy atom. The molecule has 2 aromatic heterocycles. The van der Waals surface area contributed by atoms with Crippen LogP contribution in [0.1, 0.15) is 10.4 Å². The van der Waals surface area contributed by atoms with E-state index in [2.05, 4.69) is 30.6 Å². The third-order valence-electron chi connectivity index (χ3n) is 3.93. The van der Waals surface area contributed by atoms with Gasteiger partial charge in [0.1, 0.15) is 5.69 Å². The van der Waals surface area contributed by atoms with Gasteiger partial charge in [0.15, 0.2) is 5.82 Å². The maximum absolute atomic E-state index is 12.4. The lowest BCUT2D eigenvalue weighted by Gasteiger charge is -2.09. The monoisotopic (exact) mass is 402 g/mol. The number of nitrogens with one attached hydrogen (secondary N) is 2. The predicted octanol–water partition coefficient (Wildman–Crippen LogP) is 4.58. The van der Waals surface area contributed by atoms with E-state index in [0.717, 1.165) is 5.69 Å². The van der Waals surface area contributed by atoms with Crippen LogP contribution >= 0.6 is 11.6 Å². The molecule has 0 unspecified atom stereocenters. The number of hydrogen-bond donors (Lipinski definition) is 2. The average Bonchev–Trinajstić information content (AvgIpc) is 2.75. The van der Waals surface area contributed by atoms with E-state index >= 15 is 0 Å². The van der Waals surface area contributed by atoms with E-state index < -0.39 is 0 Å². The molecule has 2 aromatic carbocycles. The number of carbonyl (C=O) groups excluding carboxylic acids is 1. The fourth-order valence-electron chi connectivity index (χ4n) is 2.58. The van der Waals surface area contributed by atoms with Crippen LogP contribution in [0.25, 0.3) is 11.5 Å². The zero-order valence-electron chi connectivity index (χ0n) is 15.1. The molecule has 0 saturated heterocycles. The lowest BCUT2D eigenvalue weighted by Crippen LogP contribution is -2.11. The van der Waals surface area contributed by atoms with Crippen molar-refractivity contribution in [3.05, 3.63) is 89.8 Å². The number of amides is 1. The van der Waals surface area contributed by atoms with Gasteiger partial charge in [-0.25, -0.2) is 19.9 Å². The van der Waals surface area contributed by atoms with Crippen LogP contribution < -0.4 is 10.6 Å². The molecular weight excluding hydrogens is 388 g/mol. The van der Waals surface area contributed by atoms with E-state index in [0.29, 0.717) is 33.7 Å². The first-order valence-electron chi connectivity index (χ1n) is 8.72. The van der Waals surface area contributed by atoms with Crippen LogP contribution in [0, 0.1) is 0 Å². The van der Waals surface area contributed by atoms with Gasteiger partial charge in [-0.2, -0.15) is 0 Å². The summed E-state index contributed by atoms with van der Waals surface area (Å²) in [6, 6.07) is 17.4. The second-order valence-electron chi connectivity index (χ2n) is 6.00. The van der Waals surface area contributed by atoms with Gasteiger partial charge in [-0.05, 0) is 54.6 Å². The predicted molar refractivity (Wildman–Crippen MR) is 112 cm³/mol. The molecule has 29 heavy (non-hydrogen) atoms. The fourth-order valence-corrected chi connectivity index (χ4v) is 2.71. The maximum atomic E-state index is 12.4. The SMILES string of the molecule is O=C(Nc1cccc(Nc2nccc(-c3ncccn3)n2)c1)c1ccc(Cl)cc1. The number of nitrogens with zero attached hydrogens (tertiary/aromatic N) is 4. The Morgan fingerprint density at radius 2 is 1.59 bits per heavy atom. The van der Waals surface area contributed by atoms with Crippen LogP contribution in [-0.4, -0.2) is 25.8 Å². The smallest absolute Gasteiger partial charge is 0.255 e. The van der Waals surface area contributed by atoms with Crippen molar-refractivity contribution in [3.8, 4) is 11.5 Å². The Bertz CT molecular complexity index is 1140. The minimum absolute atomic E-state index is 0.224. The molecule has 0 aliphatic heterocycles. The summed E-state index contributed by atoms with van der Waals surface area (Å²) in [5.41, 5.74) is 2.49. The van der Waals surface area contributed by atoms with Crippen molar-refractivity contribution < 1.29 is 4.79 Å². The molecule has 1 amide bonds. The van der Waals surface area contributed by atoms with E-state index in [1.807, 2.05) is 12.1 Å². The van der Waals surface area contributed by atoms with Crippen LogP contribution in [0.2, 0.25) is 5.02 Å². The van der Waals surface area contributed by atoms with Gasteiger partial charge in [-0.3, -0.25) is 4.79 Å². The molecule has 0 radical (unpaired) electrons. The summed E-state index contributed by atoms with van der Waals surface area (Å²) >= 11 is 5.86. The molecule has 0 aliphatic rings. The number of carbonyl (C=O) groups is 1. The number of aromatic nitrogens is 4. The van der Waals surface area contributed by atoms with Crippen LogP contribution in [0.4, 0.5) is 17.3 Å². The van der Waals surface area contributed by atoms with Gasteiger partial charge < -0.3 is 10.6 Å². The van der Waals surface area contributed by atoms with E-state index in [-0.39, 0.29) is 5.91 Å². The number of halogens is 1. The van der Waals surface area contributed by atoms with Crippen LogP contribution in [-0.2, 0) is 0 Å². The summed E-state index contributed by atoms with van der Waals surface area (Å²) < 4.78 is 0. The summed E-state index contributed by atoms with van der Waals surface area (Å²) in [6.07, 6.45) is 4.95. The minimum Gasteiger partial charge on any atom is -0.324 e. The molecule has 0 fully saturated rings. The Hall–Kier alpha value is -3.84. The summed E-state index contributed by atoms with van der Waals surface area (Å²) in [7, 11) is 0. The molecule has 0 spiro atoms. The van der Waals surface area contributed by atoms with Crippen LogP contribution in [0.5, 0.6) is 0 Å². The van der Waals surface area contributed by atoms with Crippen molar-refractivity contribution in [2.45, 2.75) is 0 Å². The molecule has 0 saturated carbocycles. The first-order chi connectivity index (χ1) is 14.2. The molecule has 7 nitrogen and oxygen atoms in total. The molecule has 142 valence electrons. The topological polar surface area (TPSA) is 92.7 Å². The molecule has 4 rings (SSSR count). The van der Waals surface area contributed by atoms with Crippen molar-refractivity contribution in [1.29, 1.82) is 0 Å². The molecule has 0 aliphatic carbocycles. The highest BCUT2D eigenvalue weighted by molar-refractivity contribution is 6.30. The maximum Gasteiger partial charge on any atom is 0.255 e. The van der Waals surface area contributed by atoms with Crippen molar-refractivity contribution in [2.24, 2.45) is 0 Å². The van der Waals surface area contributed by atoms with Gasteiger partial charge in [0.2, 0.25) is 5.95 Å². The highest BCUT2D eigenvalue weighted by Crippen LogP contribution is 2.20. The summed E-state index contributed by atoms with van der Waals surface area (Å²) in [5.74, 6) is 0.691. The van der Waals surface area contributed by atoms with Crippen LogP contribution in [0.15, 0.2) is 79.3 Å². The Morgan fingerprint density at radius 3 is 2.38 bits per heavy atom. The largest absolute Gasteiger partial charge is 0.324 e. The van der Waals surface area contributed by atoms with E-state index in [9.17, 15) is 4.79 Å². The summed E-state index contributed by atoms with van der Waals surface area (Å²) in [6.45, 7) is 0.